The van der Waals surface area contributed by atoms with Crippen LogP contribution in [0.5, 0.6) is 0 Å². The average molecular weight is 468 g/mol. The number of carbonyl (C=O) groups is 2. The number of hydrogen-bond donors (Lipinski definition) is 2. The van der Waals surface area contributed by atoms with Crippen LogP contribution in [0.25, 0.3) is 0 Å². The first-order chi connectivity index (χ1) is 16.2. The van der Waals surface area contributed by atoms with Crippen molar-refractivity contribution < 1.29 is 19.1 Å². The summed E-state index contributed by atoms with van der Waals surface area (Å²) < 4.78 is 10.8. The molecule has 0 saturated carbocycles. The van der Waals surface area contributed by atoms with E-state index in [1.54, 1.807) is 7.11 Å². The molecular weight excluding hydrogens is 430 g/mol. The maximum atomic E-state index is 13.3. The van der Waals surface area contributed by atoms with E-state index in [4.69, 9.17) is 9.47 Å². The fourth-order valence-electron chi connectivity index (χ4n) is 4.21. The molecule has 0 spiro atoms. The monoisotopic (exact) mass is 467 g/mol. The van der Waals surface area contributed by atoms with Crippen LogP contribution < -0.4 is 10.6 Å². The second-order valence-electron chi connectivity index (χ2n) is 9.58. The lowest BCUT2D eigenvalue weighted by molar-refractivity contribution is 0.0139. The average Bonchev–Trinajstić information content (AvgIpc) is 2.81. The van der Waals surface area contributed by atoms with Crippen LogP contribution in [0.1, 0.15) is 74.1 Å². The minimum atomic E-state index is -0.596. The number of nitrogens with zero attached hydrogens (tertiary/aromatic N) is 1. The molecular formula is C27H37N3O4. The van der Waals surface area contributed by atoms with Gasteiger partial charge in [-0.1, -0.05) is 37.3 Å². The molecule has 0 radical (unpaired) electrons. The van der Waals surface area contributed by atoms with Crippen molar-refractivity contribution in [3.63, 3.8) is 0 Å². The van der Waals surface area contributed by atoms with Crippen LogP contribution in [-0.4, -0.2) is 49.3 Å². The van der Waals surface area contributed by atoms with Crippen LogP contribution in [0.15, 0.2) is 48.5 Å². The Hall–Kier alpha value is -3.06. The SMILES string of the molecule is CCCN(C(=O)OC(C)(C)C)C1CC(c2ccccc2)Nc2ccc(C(=O)NCCOC)cc21. The van der Waals surface area contributed by atoms with Crippen LogP contribution in [0, 0.1) is 0 Å². The zero-order chi connectivity index (χ0) is 24.7. The van der Waals surface area contributed by atoms with Gasteiger partial charge in [-0.2, -0.15) is 0 Å². The van der Waals surface area contributed by atoms with Crippen LogP contribution in [0.4, 0.5) is 10.5 Å². The number of methoxy groups -OCH3 is 1. The minimum Gasteiger partial charge on any atom is -0.444 e. The summed E-state index contributed by atoms with van der Waals surface area (Å²) in [4.78, 5) is 27.8. The highest BCUT2D eigenvalue weighted by molar-refractivity contribution is 5.95. The van der Waals surface area contributed by atoms with Crippen LogP contribution >= 0.6 is 0 Å². The molecule has 1 aliphatic rings. The molecule has 2 amide bonds. The molecule has 7 heteroatoms. The maximum absolute atomic E-state index is 13.3. The normalized spacial score (nSPS) is 17.3. The molecule has 3 rings (SSSR count). The molecule has 34 heavy (non-hydrogen) atoms. The predicted octanol–water partition coefficient (Wildman–Crippen LogP) is 5.31. The van der Waals surface area contributed by atoms with Gasteiger partial charge < -0.3 is 25.0 Å². The van der Waals surface area contributed by atoms with Gasteiger partial charge >= 0.3 is 6.09 Å². The number of anilines is 1. The van der Waals surface area contributed by atoms with Crippen LogP contribution in [-0.2, 0) is 9.47 Å². The van der Waals surface area contributed by atoms with Gasteiger partial charge in [-0.3, -0.25) is 4.79 Å². The van der Waals surface area contributed by atoms with Crippen molar-refractivity contribution >= 4 is 17.7 Å². The zero-order valence-corrected chi connectivity index (χ0v) is 20.9. The summed E-state index contributed by atoms with van der Waals surface area (Å²) in [5.41, 5.74) is 2.95. The van der Waals surface area contributed by atoms with E-state index >= 15 is 0 Å². The van der Waals surface area contributed by atoms with Crippen molar-refractivity contribution in [2.75, 3.05) is 32.1 Å². The number of carbonyl (C=O) groups excluding carboxylic acids is 2. The number of amides is 2. The van der Waals surface area contributed by atoms with Crippen molar-refractivity contribution in [2.24, 2.45) is 0 Å². The van der Waals surface area contributed by atoms with E-state index in [2.05, 4.69) is 22.8 Å². The molecule has 2 unspecified atom stereocenters. The van der Waals surface area contributed by atoms with E-state index in [1.807, 2.05) is 69.0 Å². The molecule has 0 fully saturated rings. The summed E-state index contributed by atoms with van der Waals surface area (Å²) in [7, 11) is 1.60. The highest BCUT2D eigenvalue weighted by Crippen LogP contribution is 2.43. The van der Waals surface area contributed by atoms with Gasteiger partial charge in [-0.15, -0.1) is 0 Å². The fourth-order valence-corrected chi connectivity index (χ4v) is 4.21. The Labute approximate surface area is 202 Å². The Kier molecular flexibility index (Phi) is 8.56. The minimum absolute atomic E-state index is 0.0295. The first-order valence-corrected chi connectivity index (χ1v) is 12.0. The van der Waals surface area contributed by atoms with Gasteiger partial charge in [-0.25, -0.2) is 4.79 Å². The highest BCUT2D eigenvalue weighted by atomic mass is 16.6. The molecule has 0 bridgehead atoms. The summed E-state index contributed by atoms with van der Waals surface area (Å²) in [6.07, 6.45) is 1.13. The molecule has 1 heterocycles. The van der Waals surface area contributed by atoms with E-state index in [0.29, 0.717) is 31.7 Å². The predicted molar refractivity (Wildman–Crippen MR) is 134 cm³/mol. The van der Waals surface area contributed by atoms with Gasteiger partial charge in [0.05, 0.1) is 18.7 Å². The van der Waals surface area contributed by atoms with Crippen LogP contribution in [0.2, 0.25) is 0 Å². The van der Waals surface area contributed by atoms with Crippen molar-refractivity contribution in [1.29, 1.82) is 0 Å². The molecule has 2 atom stereocenters. The van der Waals surface area contributed by atoms with E-state index < -0.39 is 5.60 Å². The molecule has 2 aromatic rings. The molecule has 2 aromatic carbocycles. The molecule has 0 aromatic heterocycles. The van der Waals surface area contributed by atoms with Crippen LogP contribution in [0.3, 0.4) is 0 Å². The van der Waals surface area contributed by atoms with E-state index in [9.17, 15) is 9.59 Å². The molecule has 0 saturated heterocycles. The molecule has 0 aliphatic carbocycles. The molecule has 7 nitrogen and oxygen atoms in total. The number of rotatable bonds is 8. The Bertz CT molecular complexity index is 972. The quantitative estimate of drug-likeness (QED) is 0.515. The molecule has 1 aliphatic heterocycles. The zero-order valence-electron chi connectivity index (χ0n) is 20.9. The lowest BCUT2D eigenvalue weighted by atomic mass is 9.87. The van der Waals surface area contributed by atoms with E-state index in [-0.39, 0.29) is 24.1 Å². The van der Waals surface area contributed by atoms with Gasteiger partial charge in [0.1, 0.15) is 5.60 Å². The number of fused-ring (bicyclic) bond motifs is 1. The first-order valence-electron chi connectivity index (χ1n) is 12.0. The van der Waals surface area contributed by atoms with Crippen molar-refractivity contribution in [1.82, 2.24) is 10.2 Å². The lowest BCUT2D eigenvalue weighted by Gasteiger charge is -2.40. The highest BCUT2D eigenvalue weighted by Gasteiger charge is 2.36. The second kappa shape index (κ2) is 11.4. The second-order valence-corrected chi connectivity index (χ2v) is 9.58. The third-order valence-corrected chi connectivity index (χ3v) is 5.72. The smallest absolute Gasteiger partial charge is 0.410 e. The van der Waals surface area contributed by atoms with Gasteiger partial charge in [0.25, 0.3) is 5.91 Å². The summed E-state index contributed by atoms with van der Waals surface area (Å²) in [5, 5.41) is 6.49. The Morgan fingerprint density at radius 1 is 1.15 bits per heavy atom. The standard InChI is InChI=1S/C27H37N3O4/c1-6-15-30(26(32)34-27(2,3)4)24-18-23(19-10-8-7-9-11-19)29-22-13-12-20(17-21(22)24)25(31)28-14-16-33-5/h7-13,17,23-24,29H,6,14-16,18H2,1-5H3,(H,28,31). The third kappa shape index (κ3) is 6.50. The van der Waals surface area contributed by atoms with Gasteiger partial charge in [0.15, 0.2) is 0 Å². The Morgan fingerprint density at radius 2 is 1.88 bits per heavy atom. The molecule has 2 N–H and O–H groups in total. The van der Waals surface area contributed by atoms with E-state index in [0.717, 1.165) is 23.2 Å². The first kappa shape index (κ1) is 25.6. The third-order valence-electron chi connectivity index (χ3n) is 5.72. The summed E-state index contributed by atoms with van der Waals surface area (Å²) in [6.45, 7) is 9.12. The van der Waals surface area contributed by atoms with Gasteiger partial charge in [0.2, 0.25) is 0 Å². The summed E-state index contributed by atoms with van der Waals surface area (Å²) in [6, 6.07) is 15.7. The summed E-state index contributed by atoms with van der Waals surface area (Å²) in [5.74, 6) is -0.164. The summed E-state index contributed by atoms with van der Waals surface area (Å²) >= 11 is 0. The topological polar surface area (TPSA) is 79.9 Å². The Morgan fingerprint density at radius 3 is 2.53 bits per heavy atom. The van der Waals surface area contributed by atoms with Gasteiger partial charge in [0, 0.05) is 31.5 Å². The van der Waals surface area contributed by atoms with Gasteiger partial charge in [-0.05, 0) is 62.9 Å². The number of nitrogens with one attached hydrogen (secondary N) is 2. The number of hydrogen-bond acceptors (Lipinski definition) is 5. The maximum Gasteiger partial charge on any atom is 0.410 e. The van der Waals surface area contributed by atoms with Crippen molar-refractivity contribution in [3.8, 4) is 0 Å². The van der Waals surface area contributed by atoms with Crippen molar-refractivity contribution in [3.05, 3.63) is 65.2 Å². The number of ether oxygens (including phenoxy) is 2. The van der Waals surface area contributed by atoms with Crippen molar-refractivity contribution in [2.45, 2.75) is 58.2 Å². The largest absolute Gasteiger partial charge is 0.444 e. The Balaban J connectivity index is 1.99. The lowest BCUT2D eigenvalue weighted by Crippen LogP contribution is -2.42. The molecule has 184 valence electrons. The number of benzene rings is 2. The van der Waals surface area contributed by atoms with E-state index in [1.165, 1.54) is 0 Å². The fraction of sp³-hybridized carbons (Fsp3) is 0.481.